The minimum Gasteiger partial charge on any atom is -0.355 e. The standard InChI is InChI=1S/C19H25N7O2/c1-13-10-14(2)26(24-13)16-7-5-4-6-15(16)11-22-18(20-3)21-8-9-25-17(27)12-23-19(25)28/h4-7,10H,8-9,11-12H2,1-3H3,(H,23,28)(H2,20,21,22). The molecule has 28 heavy (non-hydrogen) atoms. The topological polar surface area (TPSA) is 104 Å². The largest absolute Gasteiger partial charge is 0.355 e. The summed E-state index contributed by atoms with van der Waals surface area (Å²) in [5, 5.41) is 13.5. The highest BCUT2D eigenvalue weighted by atomic mass is 16.2. The van der Waals surface area contributed by atoms with Crippen molar-refractivity contribution >= 4 is 17.9 Å². The Hall–Kier alpha value is -3.36. The Morgan fingerprint density at radius 2 is 2.04 bits per heavy atom. The van der Waals surface area contributed by atoms with Gasteiger partial charge in [-0.25, -0.2) is 9.48 Å². The third-order valence-electron chi connectivity index (χ3n) is 4.46. The number of urea groups is 1. The minimum absolute atomic E-state index is 0.0644. The molecule has 3 amide bonds. The number of hydrogen-bond donors (Lipinski definition) is 3. The first-order valence-electron chi connectivity index (χ1n) is 9.14. The normalized spacial score (nSPS) is 14.4. The van der Waals surface area contributed by atoms with E-state index in [0.717, 1.165) is 22.6 Å². The van der Waals surface area contributed by atoms with E-state index in [4.69, 9.17) is 0 Å². The first-order valence-corrected chi connectivity index (χ1v) is 9.14. The number of guanidine groups is 1. The first kappa shape index (κ1) is 19.4. The van der Waals surface area contributed by atoms with Gasteiger partial charge >= 0.3 is 6.03 Å². The number of amides is 3. The maximum absolute atomic E-state index is 11.6. The fourth-order valence-corrected chi connectivity index (χ4v) is 3.11. The second kappa shape index (κ2) is 8.55. The number of imide groups is 1. The number of nitrogens with one attached hydrogen (secondary N) is 3. The molecule has 3 rings (SSSR count). The van der Waals surface area contributed by atoms with Crippen LogP contribution in [0.2, 0.25) is 0 Å². The Labute approximate surface area is 163 Å². The van der Waals surface area contributed by atoms with Gasteiger partial charge in [0.15, 0.2) is 5.96 Å². The Morgan fingerprint density at radius 3 is 2.68 bits per heavy atom. The monoisotopic (exact) mass is 383 g/mol. The molecule has 148 valence electrons. The minimum atomic E-state index is -0.353. The molecule has 0 saturated carbocycles. The highest BCUT2D eigenvalue weighted by molar-refractivity contribution is 6.01. The van der Waals surface area contributed by atoms with Crippen molar-refractivity contribution in [3.8, 4) is 5.69 Å². The van der Waals surface area contributed by atoms with Crippen molar-refractivity contribution in [3.05, 3.63) is 47.3 Å². The van der Waals surface area contributed by atoms with Gasteiger partial charge in [-0.15, -0.1) is 0 Å². The van der Waals surface area contributed by atoms with Crippen LogP contribution in [0, 0.1) is 13.8 Å². The van der Waals surface area contributed by atoms with Crippen LogP contribution >= 0.6 is 0 Å². The summed E-state index contributed by atoms with van der Waals surface area (Å²) in [6.45, 7) is 5.32. The number of hydrogen-bond acceptors (Lipinski definition) is 4. The number of nitrogens with zero attached hydrogens (tertiary/aromatic N) is 4. The molecule has 1 fully saturated rings. The van der Waals surface area contributed by atoms with E-state index in [1.165, 1.54) is 4.90 Å². The Bertz CT molecular complexity index is 887. The van der Waals surface area contributed by atoms with Crippen molar-refractivity contribution in [3.63, 3.8) is 0 Å². The van der Waals surface area contributed by atoms with Gasteiger partial charge < -0.3 is 16.0 Å². The lowest BCUT2D eigenvalue weighted by atomic mass is 10.1. The number of aliphatic imine (C=N–C) groups is 1. The third-order valence-corrected chi connectivity index (χ3v) is 4.46. The zero-order chi connectivity index (χ0) is 20.1. The second-order valence-electron chi connectivity index (χ2n) is 6.52. The molecule has 0 aliphatic carbocycles. The van der Waals surface area contributed by atoms with E-state index in [1.54, 1.807) is 7.05 Å². The lowest BCUT2D eigenvalue weighted by Gasteiger charge is -2.17. The van der Waals surface area contributed by atoms with Gasteiger partial charge in [-0.1, -0.05) is 18.2 Å². The quantitative estimate of drug-likeness (QED) is 0.387. The van der Waals surface area contributed by atoms with Crippen LogP contribution in [0.15, 0.2) is 35.3 Å². The molecule has 0 atom stereocenters. The fraction of sp³-hybridized carbons (Fsp3) is 0.368. The maximum Gasteiger partial charge on any atom is 0.324 e. The van der Waals surface area contributed by atoms with Crippen molar-refractivity contribution in [2.75, 3.05) is 26.7 Å². The van der Waals surface area contributed by atoms with Gasteiger partial charge in [0.25, 0.3) is 0 Å². The predicted octanol–water partition coefficient (Wildman–Crippen LogP) is 0.706. The molecular weight excluding hydrogens is 358 g/mol. The summed E-state index contributed by atoms with van der Waals surface area (Å²) in [6.07, 6.45) is 0. The lowest BCUT2D eigenvalue weighted by Crippen LogP contribution is -2.43. The zero-order valence-electron chi connectivity index (χ0n) is 16.3. The van der Waals surface area contributed by atoms with Crippen molar-refractivity contribution in [2.24, 2.45) is 4.99 Å². The van der Waals surface area contributed by atoms with Crippen molar-refractivity contribution < 1.29 is 9.59 Å². The third kappa shape index (κ3) is 4.30. The molecule has 1 aromatic carbocycles. The predicted molar refractivity (Wildman–Crippen MR) is 106 cm³/mol. The summed E-state index contributed by atoms with van der Waals surface area (Å²) in [4.78, 5) is 28.5. The molecule has 0 bridgehead atoms. The van der Waals surface area contributed by atoms with Crippen LogP contribution in [0.1, 0.15) is 17.0 Å². The fourth-order valence-electron chi connectivity index (χ4n) is 3.11. The molecule has 1 saturated heterocycles. The Balaban J connectivity index is 1.59. The molecule has 0 radical (unpaired) electrons. The Morgan fingerprint density at radius 1 is 1.25 bits per heavy atom. The smallest absolute Gasteiger partial charge is 0.324 e. The van der Waals surface area contributed by atoms with E-state index in [2.05, 4.69) is 26.0 Å². The van der Waals surface area contributed by atoms with Gasteiger partial charge in [0, 0.05) is 32.4 Å². The number of carbonyl (C=O) groups excluding carboxylic acids is 2. The molecule has 2 heterocycles. The highest BCUT2D eigenvalue weighted by Crippen LogP contribution is 2.16. The van der Waals surface area contributed by atoms with Gasteiger partial charge in [-0.05, 0) is 31.5 Å². The number of rotatable bonds is 6. The summed E-state index contributed by atoms with van der Waals surface area (Å²) in [5.41, 5.74) is 4.13. The van der Waals surface area contributed by atoms with Crippen LogP contribution in [0.3, 0.4) is 0 Å². The number of aromatic nitrogens is 2. The van der Waals surface area contributed by atoms with Crippen LogP contribution in [0.4, 0.5) is 4.79 Å². The van der Waals surface area contributed by atoms with Crippen molar-refractivity contribution in [1.29, 1.82) is 0 Å². The molecule has 1 aromatic heterocycles. The van der Waals surface area contributed by atoms with E-state index >= 15 is 0 Å². The van der Waals surface area contributed by atoms with Crippen LogP contribution in [0.5, 0.6) is 0 Å². The number of aryl methyl sites for hydroxylation is 2. The summed E-state index contributed by atoms with van der Waals surface area (Å²) in [5.74, 6) is 0.379. The SMILES string of the molecule is CN=C(NCCN1C(=O)CNC1=O)NCc1ccccc1-n1nc(C)cc1C. The molecular formula is C19H25N7O2. The maximum atomic E-state index is 11.6. The van der Waals surface area contributed by atoms with Crippen molar-refractivity contribution in [1.82, 2.24) is 30.6 Å². The second-order valence-corrected chi connectivity index (χ2v) is 6.52. The van der Waals surface area contributed by atoms with E-state index in [9.17, 15) is 9.59 Å². The molecule has 1 aliphatic rings. The van der Waals surface area contributed by atoms with Crippen LogP contribution in [-0.4, -0.2) is 59.3 Å². The summed E-state index contributed by atoms with van der Waals surface area (Å²) >= 11 is 0. The van der Waals surface area contributed by atoms with Gasteiger partial charge in [-0.3, -0.25) is 14.7 Å². The number of carbonyl (C=O) groups is 2. The molecule has 0 unspecified atom stereocenters. The average molecular weight is 383 g/mol. The molecule has 3 N–H and O–H groups in total. The summed E-state index contributed by atoms with van der Waals surface area (Å²) < 4.78 is 1.93. The van der Waals surface area contributed by atoms with Crippen molar-refractivity contribution in [2.45, 2.75) is 20.4 Å². The van der Waals surface area contributed by atoms with Gasteiger partial charge in [0.05, 0.1) is 17.9 Å². The number of benzene rings is 1. The average Bonchev–Trinajstić information content (AvgIpc) is 3.19. The lowest BCUT2D eigenvalue weighted by molar-refractivity contribution is -0.124. The van der Waals surface area contributed by atoms with Crippen LogP contribution < -0.4 is 16.0 Å². The molecule has 0 spiro atoms. The molecule has 9 nitrogen and oxygen atoms in total. The zero-order valence-corrected chi connectivity index (χ0v) is 16.3. The highest BCUT2D eigenvalue weighted by Gasteiger charge is 2.27. The van der Waals surface area contributed by atoms with E-state index in [1.807, 2.05) is 48.9 Å². The molecule has 1 aliphatic heterocycles. The molecule has 9 heteroatoms. The van der Waals surface area contributed by atoms with Crippen LogP contribution in [0.25, 0.3) is 5.69 Å². The van der Waals surface area contributed by atoms with Gasteiger partial charge in [-0.2, -0.15) is 5.10 Å². The summed E-state index contributed by atoms with van der Waals surface area (Å²) in [7, 11) is 1.68. The van der Waals surface area contributed by atoms with E-state index in [-0.39, 0.29) is 25.0 Å². The van der Waals surface area contributed by atoms with Gasteiger partial charge in [0.1, 0.15) is 0 Å². The molecule has 2 aromatic rings. The number of para-hydroxylation sites is 1. The van der Waals surface area contributed by atoms with Gasteiger partial charge in [0.2, 0.25) is 5.91 Å². The Kier molecular flexibility index (Phi) is 5.93. The van der Waals surface area contributed by atoms with E-state index < -0.39 is 0 Å². The van der Waals surface area contributed by atoms with Crippen LogP contribution in [-0.2, 0) is 11.3 Å². The van der Waals surface area contributed by atoms with E-state index in [0.29, 0.717) is 19.0 Å². The first-order chi connectivity index (χ1) is 13.5. The summed E-state index contributed by atoms with van der Waals surface area (Å²) in [6, 6.07) is 9.73.